The van der Waals surface area contributed by atoms with Crippen molar-refractivity contribution in [2.75, 3.05) is 0 Å². The average Bonchev–Trinajstić information content (AvgIpc) is 3.35. The first kappa shape index (κ1) is 24.4. The summed E-state index contributed by atoms with van der Waals surface area (Å²) in [7, 11) is 0. The van der Waals surface area contributed by atoms with Gasteiger partial charge in [0.05, 0.1) is 6.04 Å². The first-order valence-electron chi connectivity index (χ1n) is 11.5. The van der Waals surface area contributed by atoms with E-state index in [1.54, 1.807) is 18.2 Å². The zero-order valence-electron chi connectivity index (χ0n) is 19.1. The minimum absolute atomic E-state index is 0.120. The molecular formula is C27H29N3O5. The third-order valence-corrected chi connectivity index (χ3v) is 6.21. The number of carboxylic acids is 1. The van der Waals surface area contributed by atoms with Crippen molar-refractivity contribution in [3.8, 4) is 16.9 Å². The highest BCUT2D eigenvalue weighted by molar-refractivity contribution is 5.82. The molecule has 1 aliphatic heterocycles. The number of aliphatic hydroxyl groups excluding tert-OH is 1. The zero-order chi connectivity index (χ0) is 24.8. The van der Waals surface area contributed by atoms with Gasteiger partial charge in [-0.1, -0.05) is 72.8 Å². The average molecular weight is 476 g/mol. The molecule has 1 heterocycles. The lowest BCUT2D eigenvalue weighted by molar-refractivity contribution is -0.147. The third-order valence-electron chi connectivity index (χ3n) is 6.21. The summed E-state index contributed by atoms with van der Waals surface area (Å²) in [6.45, 7) is 0. The van der Waals surface area contributed by atoms with E-state index < -0.39 is 24.2 Å². The molecule has 35 heavy (non-hydrogen) atoms. The number of nitrogens with one attached hydrogen (secondary N) is 3. The number of para-hydroxylation sites is 1. The number of carbonyl (C=O) groups excluding carboxylic acids is 1. The molecule has 1 aliphatic rings. The topological polar surface area (TPSA) is 131 Å². The molecule has 0 spiro atoms. The number of rotatable bonds is 9. The first-order valence-corrected chi connectivity index (χ1v) is 11.5. The van der Waals surface area contributed by atoms with Crippen LogP contribution in [0.2, 0.25) is 0 Å². The van der Waals surface area contributed by atoms with Crippen molar-refractivity contribution in [2.24, 2.45) is 0 Å². The van der Waals surface area contributed by atoms with Crippen molar-refractivity contribution in [1.29, 1.82) is 0 Å². The Bertz CT molecular complexity index is 1150. The standard InChI is InChI=1S/C27H29N3O5/c31-24-9-5-4-8-21(24)22-16-23(30-29-22)26(33)28-20(15-25(32)27(34)35)14-17-10-12-19(13-11-17)18-6-2-1-3-7-18/h1-13,20,22-23,25,29-32H,14-16H2,(H,28,33)(H,34,35)/t20-,22?,23?,25-/m1/s1. The molecule has 6 N–H and O–H groups in total. The lowest BCUT2D eigenvalue weighted by Gasteiger charge is -2.22. The van der Waals surface area contributed by atoms with E-state index in [1.807, 2.05) is 60.7 Å². The Morgan fingerprint density at radius 2 is 1.57 bits per heavy atom. The number of carboxylic acid groups (broad SMARTS) is 1. The van der Waals surface area contributed by atoms with Crippen LogP contribution < -0.4 is 16.2 Å². The normalized spacial score (nSPS) is 19.1. The summed E-state index contributed by atoms with van der Waals surface area (Å²) in [5.74, 6) is -1.49. The second kappa shape index (κ2) is 11.1. The molecule has 3 aromatic rings. The quantitative estimate of drug-likeness (QED) is 0.280. The Morgan fingerprint density at radius 1 is 0.914 bits per heavy atom. The molecule has 0 aromatic heterocycles. The summed E-state index contributed by atoms with van der Waals surface area (Å²) in [5, 5.41) is 32.1. The van der Waals surface area contributed by atoms with Gasteiger partial charge in [0.25, 0.3) is 0 Å². The third kappa shape index (κ3) is 6.24. The first-order chi connectivity index (χ1) is 16.9. The van der Waals surface area contributed by atoms with Crippen molar-refractivity contribution in [3.63, 3.8) is 0 Å². The Morgan fingerprint density at radius 3 is 2.26 bits per heavy atom. The minimum Gasteiger partial charge on any atom is -0.508 e. The Labute approximate surface area is 203 Å². The van der Waals surface area contributed by atoms with Crippen LogP contribution in [0.4, 0.5) is 0 Å². The van der Waals surface area contributed by atoms with E-state index in [0.717, 1.165) is 16.7 Å². The van der Waals surface area contributed by atoms with Crippen LogP contribution >= 0.6 is 0 Å². The molecule has 2 unspecified atom stereocenters. The van der Waals surface area contributed by atoms with Crippen LogP contribution in [0.1, 0.15) is 30.0 Å². The molecule has 0 bridgehead atoms. The summed E-state index contributed by atoms with van der Waals surface area (Å²) in [6.07, 6.45) is -0.935. The number of amides is 1. The monoisotopic (exact) mass is 475 g/mol. The molecule has 4 rings (SSSR count). The summed E-state index contributed by atoms with van der Waals surface area (Å²) >= 11 is 0. The fourth-order valence-electron chi connectivity index (χ4n) is 4.33. The van der Waals surface area contributed by atoms with E-state index in [2.05, 4.69) is 16.2 Å². The fourth-order valence-corrected chi connectivity index (χ4v) is 4.33. The molecule has 4 atom stereocenters. The Balaban J connectivity index is 1.42. The van der Waals surface area contributed by atoms with Crippen LogP contribution in [0.15, 0.2) is 78.9 Å². The van der Waals surface area contributed by atoms with Crippen molar-refractivity contribution >= 4 is 11.9 Å². The van der Waals surface area contributed by atoms with Crippen molar-refractivity contribution < 1.29 is 24.9 Å². The van der Waals surface area contributed by atoms with E-state index in [4.69, 9.17) is 0 Å². The smallest absolute Gasteiger partial charge is 0.332 e. The molecule has 3 aromatic carbocycles. The van der Waals surface area contributed by atoms with Crippen LogP contribution in [-0.2, 0) is 16.0 Å². The molecule has 0 radical (unpaired) electrons. The fraction of sp³-hybridized carbons (Fsp3) is 0.259. The number of carbonyl (C=O) groups is 2. The SMILES string of the molecule is O=C(N[C@H](Cc1ccc(-c2ccccc2)cc1)C[C@@H](O)C(=O)O)C1CC(c2ccccc2O)NN1. The van der Waals surface area contributed by atoms with E-state index in [-0.39, 0.29) is 24.1 Å². The van der Waals surface area contributed by atoms with Crippen LogP contribution in [0, 0.1) is 0 Å². The molecule has 8 heteroatoms. The van der Waals surface area contributed by atoms with Gasteiger partial charge < -0.3 is 20.6 Å². The van der Waals surface area contributed by atoms with Gasteiger partial charge in [-0.25, -0.2) is 15.6 Å². The molecule has 0 saturated carbocycles. The molecule has 1 amide bonds. The largest absolute Gasteiger partial charge is 0.508 e. The van der Waals surface area contributed by atoms with Crippen molar-refractivity contribution in [3.05, 3.63) is 90.0 Å². The molecule has 0 aliphatic carbocycles. The lowest BCUT2D eigenvalue weighted by atomic mass is 9.97. The number of hydrogen-bond donors (Lipinski definition) is 6. The zero-order valence-corrected chi connectivity index (χ0v) is 19.1. The van der Waals surface area contributed by atoms with Gasteiger partial charge >= 0.3 is 5.97 Å². The molecule has 8 nitrogen and oxygen atoms in total. The summed E-state index contributed by atoms with van der Waals surface area (Å²) in [5.41, 5.74) is 9.73. The highest BCUT2D eigenvalue weighted by Gasteiger charge is 2.33. The van der Waals surface area contributed by atoms with Gasteiger partial charge in [0.2, 0.25) is 5.91 Å². The van der Waals surface area contributed by atoms with Crippen LogP contribution in [0.3, 0.4) is 0 Å². The highest BCUT2D eigenvalue weighted by Crippen LogP contribution is 2.29. The van der Waals surface area contributed by atoms with Crippen LogP contribution in [0.5, 0.6) is 5.75 Å². The number of phenolic OH excluding ortho intramolecular Hbond substituents is 1. The molecule has 1 saturated heterocycles. The van der Waals surface area contributed by atoms with E-state index in [0.29, 0.717) is 18.4 Å². The van der Waals surface area contributed by atoms with Gasteiger partial charge in [0, 0.05) is 18.0 Å². The van der Waals surface area contributed by atoms with Gasteiger partial charge in [-0.2, -0.15) is 0 Å². The number of aliphatic carboxylic acids is 1. The number of hydrazine groups is 1. The van der Waals surface area contributed by atoms with Crippen molar-refractivity contribution in [1.82, 2.24) is 16.2 Å². The van der Waals surface area contributed by atoms with E-state index >= 15 is 0 Å². The maximum Gasteiger partial charge on any atom is 0.332 e. The van der Waals surface area contributed by atoms with Gasteiger partial charge in [0.15, 0.2) is 6.10 Å². The van der Waals surface area contributed by atoms with E-state index in [1.165, 1.54) is 0 Å². The van der Waals surface area contributed by atoms with Crippen LogP contribution in [0.25, 0.3) is 11.1 Å². The van der Waals surface area contributed by atoms with E-state index in [9.17, 15) is 24.9 Å². The number of aromatic hydroxyl groups is 1. The van der Waals surface area contributed by atoms with Crippen LogP contribution in [-0.4, -0.2) is 45.4 Å². The minimum atomic E-state index is -1.59. The number of benzene rings is 3. The van der Waals surface area contributed by atoms with Gasteiger partial charge in [-0.3, -0.25) is 4.79 Å². The number of aliphatic hydroxyl groups is 1. The molecule has 1 fully saturated rings. The number of phenols is 1. The Kier molecular flexibility index (Phi) is 7.77. The maximum absolute atomic E-state index is 13.0. The predicted molar refractivity (Wildman–Crippen MR) is 131 cm³/mol. The summed E-state index contributed by atoms with van der Waals surface area (Å²) in [6, 6.07) is 23.3. The summed E-state index contributed by atoms with van der Waals surface area (Å²) < 4.78 is 0. The summed E-state index contributed by atoms with van der Waals surface area (Å²) in [4.78, 5) is 24.2. The maximum atomic E-state index is 13.0. The predicted octanol–water partition coefficient (Wildman–Crippen LogP) is 2.53. The number of hydrogen-bond acceptors (Lipinski definition) is 6. The Hall–Kier alpha value is -3.72. The van der Waals surface area contributed by atoms with Gasteiger partial charge in [-0.15, -0.1) is 0 Å². The second-order valence-corrected chi connectivity index (χ2v) is 8.75. The highest BCUT2D eigenvalue weighted by atomic mass is 16.4. The lowest BCUT2D eigenvalue weighted by Crippen LogP contribution is -2.48. The molecule has 182 valence electrons. The van der Waals surface area contributed by atoms with Gasteiger partial charge in [-0.05, 0) is 35.6 Å². The van der Waals surface area contributed by atoms with Crippen molar-refractivity contribution in [2.45, 2.75) is 43.5 Å². The van der Waals surface area contributed by atoms with Gasteiger partial charge in [0.1, 0.15) is 11.8 Å². The molecular weight excluding hydrogens is 446 g/mol. The second-order valence-electron chi connectivity index (χ2n) is 8.75.